The molecule has 0 heterocycles. The molecular weight excluding hydrogens is 244 g/mol. The summed E-state index contributed by atoms with van der Waals surface area (Å²) in [6.07, 6.45) is 0.848. The van der Waals surface area contributed by atoms with Crippen LogP contribution in [0.1, 0.15) is 47.5 Å². The molecular formula is C14H28N2O3. The minimum absolute atomic E-state index is 0.00508. The number of nitrogens with one attached hydrogen (secondary N) is 1. The number of urea groups is 1. The van der Waals surface area contributed by atoms with Gasteiger partial charge in [-0.2, -0.15) is 0 Å². The number of carbonyl (C=O) groups excluding carboxylic acids is 1. The molecule has 2 amide bonds. The summed E-state index contributed by atoms with van der Waals surface area (Å²) in [6, 6.07) is 0.0366. The number of amides is 2. The molecule has 0 saturated carbocycles. The first-order chi connectivity index (χ1) is 8.77. The fourth-order valence-corrected chi connectivity index (χ4v) is 1.86. The molecule has 0 aliphatic heterocycles. The molecule has 0 fully saturated rings. The van der Waals surface area contributed by atoms with E-state index in [0.29, 0.717) is 19.0 Å². The third-order valence-electron chi connectivity index (χ3n) is 3.03. The van der Waals surface area contributed by atoms with Gasteiger partial charge in [-0.3, -0.25) is 4.79 Å². The van der Waals surface area contributed by atoms with Gasteiger partial charge in [-0.05, 0) is 25.7 Å². The molecule has 1 atom stereocenters. The molecule has 5 nitrogen and oxygen atoms in total. The number of nitrogens with zero attached hydrogens (tertiary/aromatic N) is 1. The topological polar surface area (TPSA) is 69.6 Å². The maximum Gasteiger partial charge on any atom is 0.317 e. The summed E-state index contributed by atoms with van der Waals surface area (Å²) in [5.74, 6) is -0.410. The average molecular weight is 272 g/mol. The van der Waals surface area contributed by atoms with E-state index in [9.17, 15) is 9.59 Å². The Kier molecular flexibility index (Phi) is 8.19. The molecule has 112 valence electrons. The Balaban J connectivity index is 4.35. The second-order valence-electron chi connectivity index (χ2n) is 5.70. The van der Waals surface area contributed by atoms with Crippen molar-refractivity contribution in [1.29, 1.82) is 0 Å². The summed E-state index contributed by atoms with van der Waals surface area (Å²) in [5, 5.41) is 11.6. The Morgan fingerprint density at radius 2 is 1.79 bits per heavy atom. The highest BCUT2D eigenvalue weighted by Gasteiger charge is 2.19. The monoisotopic (exact) mass is 272 g/mol. The number of hydrogen-bond acceptors (Lipinski definition) is 2. The van der Waals surface area contributed by atoms with Crippen molar-refractivity contribution in [3.8, 4) is 0 Å². The van der Waals surface area contributed by atoms with Gasteiger partial charge in [-0.25, -0.2) is 4.79 Å². The Hall–Kier alpha value is -1.26. The summed E-state index contributed by atoms with van der Waals surface area (Å²) < 4.78 is 0. The number of hydrogen-bond donors (Lipinski definition) is 2. The number of carbonyl (C=O) groups is 2. The van der Waals surface area contributed by atoms with Gasteiger partial charge in [-0.15, -0.1) is 0 Å². The molecule has 2 N–H and O–H groups in total. The highest BCUT2D eigenvalue weighted by molar-refractivity contribution is 5.74. The normalized spacial score (nSPS) is 12.6. The van der Waals surface area contributed by atoms with Crippen molar-refractivity contribution in [2.45, 2.75) is 53.5 Å². The van der Waals surface area contributed by atoms with Crippen LogP contribution >= 0.6 is 0 Å². The largest absolute Gasteiger partial charge is 0.481 e. The van der Waals surface area contributed by atoms with E-state index in [4.69, 9.17) is 5.11 Å². The molecule has 0 aromatic rings. The van der Waals surface area contributed by atoms with Crippen LogP contribution in [0.3, 0.4) is 0 Å². The summed E-state index contributed by atoms with van der Waals surface area (Å²) in [4.78, 5) is 24.6. The molecule has 0 bridgehead atoms. The Labute approximate surface area is 116 Å². The maximum absolute atomic E-state index is 12.1. The Bertz CT molecular complexity index is 290. The molecule has 19 heavy (non-hydrogen) atoms. The van der Waals surface area contributed by atoms with Crippen molar-refractivity contribution in [2.75, 3.05) is 13.1 Å². The zero-order chi connectivity index (χ0) is 15.0. The molecule has 0 radical (unpaired) electrons. The molecule has 0 aromatic heterocycles. The van der Waals surface area contributed by atoms with E-state index in [2.05, 4.69) is 19.2 Å². The lowest BCUT2D eigenvalue weighted by Gasteiger charge is -2.29. The Morgan fingerprint density at radius 3 is 2.16 bits per heavy atom. The molecule has 0 saturated heterocycles. The van der Waals surface area contributed by atoms with Crippen molar-refractivity contribution in [3.63, 3.8) is 0 Å². The van der Waals surface area contributed by atoms with Gasteiger partial charge in [0.25, 0.3) is 0 Å². The maximum atomic E-state index is 12.1. The van der Waals surface area contributed by atoms with Gasteiger partial charge in [0, 0.05) is 25.6 Å². The zero-order valence-corrected chi connectivity index (χ0v) is 12.8. The lowest BCUT2D eigenvalue weighted by Crippen LogP contribution is -2.47. The third kappa shape index (κ3) is 7.70. The van der Waals surface area contributed by atoms with Crippen LogP contribution in [-0.4, -0.2) is 41.1 Å². The van der Waals surface area contributed by atoms with Crippen LogP contribution in [0.2, 0.25) is 0 Å². The van der Waals surface area contributed by atoms with E-state index in [1.807, 2.05) is 20.8 Å². The lowest BCUT2D eigenvalue weighted by atomic mass is 10.0. The quantitative estimate of drug-likeness (QED) is 0.713. The highest BCUT2D eigenvalue weighted by Crippen LogP contribution is 2.08. The van der Waals surface area contributed by atoms with Gasteiger partial charge in [0.1, 0.15) is 0 Å². The van der Waals surface area contributed by atoms with E-state index in [-0.39, 0.29) is 24.4 Å². The van der Waals surface area contributed by atoms with Gasteiger partial charge < -0.3 is 15.3 Å². The van der Waals surface area contributed by atoms with Gasteiger partial charge in [0.2, 0.25) is 0 Å². The van der Waals surface area contributed by atoms with Gasteiger partial charge >= 0.3 is 12.0 Å². The lowest BCUT2D eigenvalue weighted by molar-refractivity contribution is -0.138. The Morgan fingerprint density at radius 1 is 1.21 bits per heavy atom. The fourth-order valence-electron chi connectivity index (χ4n) is 1.86. The smallest absolute Gasteiger partial charge is 0.317 e. The number of rotatable bonds is 8. The van der Waals surface area contributed by atoms with Crippen molar-refractivity contribution < 1.29 is 14.7 Å². The van der Waals surface area contributed by atoms with Crippen LogP contribution in [0.4, 0.5) is 4.79 Å². The second kappa shape index (κ2) is 8.77. The first-order valence-electron chi connectivity index (χ1n) is 7.04. The zero-order valence-electron chi connectivity index (χ0n) is 12.8. The minimum Gasteiger partial charge on any atom is -0.481 e. The third-order valence-corrected chi connectivity index (χ3v) is 3.03. The van der Waals surface area contributed by atoms with Crippen LogP contribution in [0.25, 0.3) is 0 Å². The fraction of sp³-hybridized carbons (Fsp3) is 0.857. The minimum atomic E-state index is -0.816. The summed E-state index contributed by atoms with van der Waals surface area (Å²) in [5.41, 5.74) is 0. The van der Waals surface area contributed by atoms with Crippen LogP contribution in [-0.2, 0) is 4.79 Å². The SMILES string of the molecule is CCC(CNC(=O)N(CC(C)C)C(C)C)CC(=O)O. The van der Waals surface area contributed by atoms with Crippen molar-refractivity contribution in [3.05, 3.63) is 0 Å². The van der Waals surface area contributed by atoms with E-state index in [1.54, 1.807) is 4.90 Å². The molecule has 0 aliphatic carbocycles. The van der Waals surface area contributed by atoms with Gasteiger partial charge in [0.15, 0.2) is 0 Å². The molecule has 1 unspecified atom stereocenters. The average Bonchev–Trinajstić information content (AvgIpc) is 2.29. The van der Waals surface area contributed by atoms with Crippen molar-refractivity contribution in [2.24, 2.45) is 11.8 Å². The standard InChI is InChI=1S/C14H28N2O3/c1-6-12(7-13(17)18)8-15-14(19)16(11(4)5)9-10(2)3/h10-12H,6-9H2,1-5H3,(H,15,19)(H,17,18). The number of carboxylic acid groups (broad SMARTS) is 1. The number of carboxylic acids is 1. The first-order valence-corrected chi connectivity index (χ1v) is 7.04. The van der Waals surface area contributed by atoms with E-state index >= 15 is 0 Å². The van der Waals surface area contributed by atoms with Crippen LogP contribution in [0.5, 0.6) is 0 Å². The summed E-state index contributed by atoms with van der Waals surface area (Å²) in [7, 11) is 0. The predicted octanol–water partition coefficient (Wildman–Crippen LogP) is 2.56. The van der Waals surface area contributed by atoms with Crippen LogP contribution in [0.15, 0.2) is 0 Å². The van der Waals surface area contributed by atoms with E-state index in [1.165, 1.54) is 0 Å². The van der Waals surface area contributed by atoms with Gasteiger partial charge in [-0.1, -0.05) is 27.2 Å². The molecule has 5 heteroatoms. The van der Waals surface area contributed by atoms with E-state index in [0.717, 1.165) is 6.42 Å². The number of aliphatic carboxylic acids is 1. The van der Waals surface area contributed by atoms with Crippen molar-refractivity contribution >= 4 is 12.0 Å². The van der Waals surface area contributed by atoms with Crippen LogP contribution in [0, 0.1) is 11.8 Å². The van der Waals surface area contributed by atoms with E-state index < -0.39 is 5.97 Å². The molecule has 0 spiro atoms. The molecule has 0 rings (SSSR count). The summed E-state index contributed by atoms with van der Waals surface area (Å²) >= 11 is 0. The predicted molar refractivity (Wildman–Crippen MR) is 76.1 cm³/mol. The first kappa shape index (κ1) is 17.7. The highest BCUT2D eigenvalue weighted by atomic mass is 16.4. The molecule has 0 aromatic carbocycles. The molecule has 0 aliphatic rings. The summed E-state index contributed by atoms with van der Waals surface area (Å²) in [6.45, 7) is 11.2. The van der Waals surface area contributed by atoms with Gasteiger partial charge in [0.05, 0.1) is 0 Å². The van der Waals surface area contributed by atoms with Crippen molar-refractivity contribution in [1.82, 2.24) is 10.2 Å². The van der Waals surface area contributed by atoms with Crippen LogP contribution < -0.4 is 5.32 Å². The second-order valence-corrected chi connectivity index (χ2v) is 5.70.